The van der Waals surface area contributed by atoms with Crippen molar-refractivity contribution in [3.8, 4) is 0 Å². The number of carbonyl (C=O) groups is 1. The molecule has 1 amide bonds. The number of allylic oxidation sites excluding steroid dienone is 1. The van der Waals surface area contributed by atoms with Crippen molar-refractivity contribution < 1.29 is 13.6 Å². The van der Waals surface area contributed by atoms with E-state index in [9.17, 15) is 13.6 Å². The van der Waals surface area contributed by atoms with Gasteiger partial charge in [-0.05, 0) is 38.0 Å². The summed E-state index contributed by atoms with van der Waals surface area (Å²) in [5.41, 5.74) is 3.79. The molecule has 0 atom stereocenters. The molecule has 2 aromatic rings. The summed E-state index contributed by atoms with van der Waals surface area (Å²) in [6.07, 6.45) is 3.93. The highest BCUT2D eigenvalue weighted by Crippen LogP contribution is 2.26. The van der Waals surface area contributed by atoms with Gasteiger partial charge < -0.3 is 10.2 Å². The number of hydrogen-bond acceptors (Lipinski definition) is 4. The summed E-state index contributed by atoms with van der Waals surface area (Å²) in [5, 5.41) is 2.47. The number of rotatable bonds is 4. The summed E-state index contributed by atoms with van der Waals surface area (Å²) in [4.78, 5) is 22.9. The second kappa shape index (κ2) is 7.65. The number of halogens is 2. The quantitative estimate of drug-likeness (QED) is 0.883. The van der Waals surface area contributed by atoms with Gasteiger partial charge in [0.05, 0.1) is 23.7 Å². The van der Waals surface area contributed by atoms with Crippen LogP contribution in [0.3, 0.4) is 0 Å². The fourth-order valence-corrected chi connectivity index (χ4v) is 2.89. The minimum Gasteiger partial charge on any atom is -0.371 e. The minimum atomic E-state index is -0.931. The van der Waals surface area contributed by atoms with Crippen LogP contribution in [-0.4, -0.2) is 33.9 Å². The van der Waals surface area contributed by atoms with E-state index in [-0.39, 0.29) is 11.4 Å². The van der Waals surface area contributed by atoms with Crippen molar-refractivity contribution in [3.05, 3.63) is 71.3 Å². The van der Waals surface area contributed by atoms with Crippen LogP contribution < -0.4 is 5.32 Å². The summed E-state index contributed by atoms with van der Waals surface area (Å²) in [7, 11) is 0. The van der Waals surface area contributed by atoms with Gasteiger partial charge in [0.25, 0.3) is 5.91 Å². The molecule has 27 heavy (non-hydrogen) atoms. The molecule has 140 valence electrons. The van der Waals surface area contributed by atoms with Crippen molar-refractivity contribution in [1.29, 1.82) is 0 Å². The number of aromatic nitrogens is 2. The Labute approximate surface area is 156 Å². The number of benzene rings is 1. The second-order valence-electron chi connectivity index (χ2n) is 6.53. The molecule has 0 radical (unpaired) electrons. The van der Waals surface area contributed by atoms with Gasteiger partial charge in [-0.25, -0.2) is 13.8 Å². The van der Waals surface area contributed by atoms with Crippen LogP contribution in [0.5, 0.6) is 0 Å². The van der Waals surface area contributed by atoms with Crippen LogP contribution in [0.25, 0.3) is 5.57 Å². The van der Waals surface area contributed by atoms with Gasteiger partial charge in [0.2, 0.25) is 0 Å². The predicted octanol–water partition coefficient (Wildman–Crippen LogP) is 4.02. The van der Waals surface area contributed by atoms with Gasteiger partial charge in [0, 0.05) is 24.9 Å². The van der Waals surface area contributed by atoms with Crippen LogP contribution in [0.1, 0.15) is 36.3 Å². The molecule has 0 bridgehead atoms. The smallest absolute Gasteiger partial charge is 0.259 e. The lowest BCUT2D eigenvalue weighted by Crippen LogP contribution is -2.29. The van der Waals surface area contributed by atoms with Gasteiger partial charge in [0.15, 0.2) is 5.82 Å². The zero-order chi connectivity index (χ0) is 19.6. The number of amides is 1. The Hall–Kier alpha value is -3.09. The lowest BCUT2D eigenvalue weighted by molar-refractivity contribution is 0.102. The van der Waals surface area contributed by atoms with Crippen LogP contribution in [0.4, 0.5) is 14.6 Å². The third-order valence-corrected chi connectivity index (χ3v) is 4.54. The summed E-state index contributed by atoms with van der Waals surface area (Å²) in [6.45, 7) is 9.66. The van der Waals surface area contributed by atoms with Crippen LogP contribution in [0.15, 0.2) is 48.4 Å². The molecule has 0 aliphatic carbocycles. The Morgan fingerprint density at radius 1 is 1.26 bits per heavy atom. The zero-order valence-electron chi connectivity index (χ0n) is 15.2. The average Bonchev–Trinajstić information content (AvgIpc) is 2.62. The SMILES string of the molecule is C=C(C)N1CCC(C)=C(c2cnc(NC(=O)c3ccc(F)cc3F)cn2)C1. The van der Waals surface area contributed by atoms with E-state index in [0.717, 1.165) is 42.1 Å². The molecule has 0 saturated heterocycles. The molecule has 7 heteroatoms. The van der Waals surface area contributed by atoms with E-state index in [0.29, 0.717) is 12.6 Å². The summed E-state index contributed by atoms with van der Waals surface area (Å²) in [6, 6.07) is 2.78. The minimum absolute atomic E-state index is 0.193. The van der Waals surface area contributed by atoms with E-state index >= 15 is 0 Å². The number of carbonyl (C=O) groups excluding carboxylic acids is 1. The fraction of sp³-hybridized carbons (Fsp3) is 0.250. The molecule has 5 nitrogen and oxygen atoms in total. The van der Waals surface area contributed by atoms with E-state index in [1.807, 2.05) is 6.92 Å². The van der Waals surface area contributed by atoms with Crippen LogP contribution in [-0.2, 0) is 0 Å². The van der Waals surface area contributed by atoms with Crippen molar-refractivity contribution in [1.82, 2.24) is 14.9 Å². The number of hydrogen-bond donors (Lipinski definition) is 1. The maximum absolute atomic E-state index is 13.7. The lowest BCUT2D eigenvalue weighted by Gasteiger charge is -2.31. The largest absolute Gasteiger partial charge is 0.371 e. The van der Waals surface area contributed by atoms with E-state index in [4.69, 9.17) is 0 Å². The molecular weight excluding hydrogens is 350 g/mol. The molecule has 0 unspecified atom stereocenters. The molecule has 2 heterocycles. The third-order valence-electron chi connectivity index (χ3n) is 4.54. The van der Waals surface area contributed by atoms with Crippen molar-refractivity contribution in [2.45, 2.75) is 20.3 Å². The highest BCUT2D eigenvalue weighted by molar-refractivity contribution is 6.03. The van der Waals surface area contributed by atoms with Crippen molar-refractivity contribution >= 4 is 17.3 Å². The standard InChI is InChI=1S/C20H20F2N4O/c1-12(2)26-7-6-13(3)16(11-26)18-9-24-19(10-23-18)25-20(27)15-5-4-14(21)8-17(15)22/h4-5,8-10H,1,6-7,11H2,2-3H3,(H,24,25,27). The summed E-state index contributed by atoms with van der Waals surface area (Å²) < 4.78 is 26.7. The van der Waals surface area contributed by atoms with Gasteiger partial charge >= 0.3 is 0 Å². The molecule has 0 fully saturated rings. The highest BCUT2D eigenvalue weighted by Gasteiger charge is 2.19. The first kappa shape index (κ1) is 18.7. The number of nitrogens with zero attached hydrogens (tertiary/aromatic N) is 3. The van der Waals surface area contributed by atoms with Crippen LogP contribution in [0.2, 0.25) is 0 Å². The third kappa shape index (κ3) is 4.19. The van der Waals surface area contributed by atoms with Crippen molar-refractivity contribution in [2.24, 2.45) is 0 Å². The van der Waals surface area contributed by atoms with Crippen molar-refractivity contribution in [2.75, 3.05) is 18.4 Å². The lowest BCUT2D eigenvalue weighted by atomic mass is 9.99. The van der Waals surface area contributed by atoms with E-state index in [1.54, 1.807) is 6.20 Å². The van der Waals surface area contributed by atoms with E-state index in [2.05, 4.69) is 33.7 Å². The maximum atomic E-state index is 13.7. The molecule has 0 spiro atoms. The summed E-state index contributed by atoms with van der Waals surface area (Å²) >= 11 is 0. The van der Waals surface area contributed by atoms with Crippen LogP contribution in [0, 0.1) is 11.6 Å². The summed E-state index contributed by atoms with van der Waals surface area (Å²) in [5.74, 6) is -2.19. The first-order valence-corrected chi connectivity index (χ1v) is 8.53. The highest BCUT2D eigenvalue weighted by atomic mass is 19.1. The maximum Gasteiger partial charge on any atom is 0.259 e. The predicted molar refractivity (Wildman–Crippen MR) is 99.9 cm³/mol. The Morgan fingerprint density at radius 3 is 2.67 bits per heavy atom. The molecule has 1 aliphatic rings. The molecule has 1 aliphatic heterocycles. The molecule has 1 N–H and O–H groups in total. The van der Waals surface area contributed by atoms with Crippen LogP contribution >= 0.6 is 0 Å². The van der Waals surface area contributed by atoms with Gasteiger partial charge in [0.1, 0.15) is 11.6 Å². The average molecular weight is 370 g/mol. The second-order valence-corrected chi connectivity index (χ2v) is 6.53. The first-order valence-electron chi connectivity index (χ1n) is 8.53. The van der Waals surface area contributed by atoms with Gasteiger partial charge in [-0.2, -0.15) is 0 Å². The molecule has 1 aromatic heterocycles. The van der Waals surface area contributed by atoms with Crippen molar-refractivity contribution in [3.63, 3.8) is 0 Å². The normalized spacial score (nSPS) is 14.3. The molecule has 1 aromatic carbocycles. The monoisotopic (exact) mass is 370 g/mol. The van der Waals surface area contributed by atoms with Gasteiger partial charge in [-0.3, -0.25) is 9.78 Å². The number of anilines is 1. The van der Waals surface area contributed by atoms with E-state index < -0.39 is 17.5 Å². The molecule has 3 rings (SSSR count). The number of nitrogens with one attached hydrogen (secondary N) is 1. The van der Waals surface area contributed by atoms with Gasteiger partial charge in [-0.15, -0.1) is 0 Å². The Balaban J connectivity index is 1.75. The Kier molecular flexibility index (Phi) is 5.30. The molecular formula is C20H20F2N4O. The fourth-order valence-electron chi connectivity index (χ4n) is 2.89. The first-order chi connectivity index (χ1) is 12.8. The zero-order valence-corrected chi connectivity index (χ0v) is 15.2. The Bertz CT molecular complexity index is 922. The molecule has 0 saturated carbocycles. The van der Waals surface area contributed by atoms with Gasteiger partial charge in [-0.1, -0.05) is 12.2 Å². The topological polar surface area (TPSA) is 58.1 Å². The Morgan fingerprint density at radius 2 is 2.04 bits per heavy atom. The van der Waals surface area contributed by atoms with E-state index in [1.165, 1.54) is 11.8 Å².